The van der Waals surface area contributed by atoms with E-state index in [-0.39, 0.29) is 159 Å². The first-order valence-corrected chi connectivity index (χ1v) is 40.9. The van der Waals surface area contributed by atoms with Gasteiger partial charge in [-0.3, -0.25) is 33.5 Å². The topological polar surface area (TPSA) is 394 Å². The van der Waals surface area contributed by atoms with E-state index in [2.05, 4.69) is 53.8 Å². The molecule has 0 saturated heterocycles. The zero-order chi connectivity index (χ0) is 91.6. The first kappa shape index (κ1) is 100. The molecular formula is C94H97BF5KN12O16. The third-order valence-electron chi connectivity index (χ3n) is 21.6. The largest absolute Gasteiger partial charge is 1.00 e. The van der Waals surface area contributed by atoms with Gasteiger partial charge in [0.05, 0.1) is 76.6 Å². The minimum atomic E-state index is -1.46. The van der Waals surface area contributed by atoms with E-state index >= 15 is 4.39 Å². The molecule has 2 aliphatic heterocycles. The number of rotatable bonds is 19. The van der Waals surface area contributed by atoms with Crippen LogP contribution in [0.3, 0.4) is 0 Å². The van der Waals surface area contributed by atoms with Gasteiger partial charge >= 0.3 is 82.4 Å². The second-order valence-electron chi connectivity index (χ2n) is 30.1. The van der Waals surface area contributed by atoms with E-state index in [1.165, 1.54) is 16.3 Å². The number of Topliss-reactive ketones (excluding diaryl/α,β-unsaturated/α-hetero) is 2. The smallest absolute Gasteiger partial charge is 0.870 e. The summed E-state index contributed by atoms with van der Waals surface area (Å²) in [6, 6.07) is 61.1. The number of aryl methyl sites for hydroxylation is 1. The van der Waals surface area contributed by atoms with E-state index in [4.69, 9.17) is 39.8 Å². The Bertz CT molecular complexity index is 5960. The summed E-state index contributed by atoms with van der Waals surface area (Å²) in [6.45, 7) is 21.2. The van der Waals surface area contributed by atoms with Crippen LogP contribution in [0.2, 0.25) is 0 Å². The van der Waals surface area contributed by atoms with E-state index < -0.39 is 89.3 Å². The van der Waals surface area contributed by atoms with E-state index in [0.717, 1.165) is 83.2 Å². The zero-order valence-corrected chi connectivity index (χ0v) is 75.7. The van der Waals surface area contributed by atoms with Crippen LogP contribution in [0.4, 0.5) is 22.0 Å². The Morgan fingerprint density at radius 3 is 1.23 bits per heavy atom. The molecule has 5 aromatic heterocycles. The average Bonchev–Trinajstić information content (AvgIpc) is 1.57. The van der Waals surface area contributed by atoms with Crippen molar-refractivity contribution in [3.8, 4) is 11.5 Å². The summed E-state index contributed by atoms with van der Waals surface area (Å²) in [5.74, 6) is -6.31. The van der Waals surface area contributed by atoms with Gasteiger partial charge in [0.1, 0.15) is 30.8 Å². The number of benzene rings is 7. The van der Waals surface area contributed by atoms with E-state index in [0.29, 0.717) is 34.7 Å². The van der Waals surface area contributed by atoms with Crippen molar-refractivity contribution in [3.63, 3.8) is 0 Å². The molecule has 35 heteroatoms. The number of halogens is 5. The van der Waals surface area contributed by atoms with Crippen molar-refractivity contribution in [1.29, 1.82) is 0 Å². The Balaban J connectivity index is 0.000000174. The number of aromatic carboxylic acids is 1. The van der Waals surface area contributed by atoms with Gasteiger partial charge in [0.2, 0.25) is 22.8 Å². The number of fused-ring (bicyclic) bond motifs is 2. The van der Waals surface area contributed by atoms with Crippen LogP contribution >= 0.6 is 0 Å². The Labute approximate surface area is 783 Å². The van der Waals surface area contributed by atoms with Crippen molar-refractivity contribution in [2.24, 2.45) is 5.73 Å². The SMILES string of the molecule is C=C(B(O)O)c1ccccc1.C=C(c1ccccc1)n1nc(C(=O)OCC)c(F)c1C.CCOC(=O)c1n[nH]c(C)c1F.CCOC(=O)c1nn(C2(c3ccccc3)CC2)c(C)c1F.Cc1c(F)c(C(=O)N[C@H]2COc3ccccc3CC2=O)nn1C1(c2ccccc2)CC1.Cc1c(F)c(C(=O)O)nn1C1(c2ccccc2)CC1.N[C@H]1COc2ccccc2CC1=O.[K+].[OH-]. The van der Waals surface area contributed by atoms with Crippen molar-refractivity contribution in [1.82, 2.24) is 54.6 Å². The number of nitrogens with zero attached hydrogens (tertiary/aromatic N) is 9. The summed E-state index contributed by atoms with van der Waals surface area (Å²) in [4.78, 5) is 82.2. The van der Waals surface area contributed by atoms with Gasteiger partial charge in [-0.05, 0) is 139 Å². The maximum absolute atomic E-state index is 15.0. The van der Waals surface area contributed by atoms with Crippen LogP contribution in [-0.2, 0) is 53.3 Å². The third kappa shape index (κ3) is 23.4. The van der Waals surface area contributed by atoms with Gasteiger partial charge in [-0.15, -0.1) is 0 Å². The van der Waals surface area contributed by atoms with Gasteiger partial charge in [0.25, 0.3) is 5.91 Å². The number of aromatic nitrogens is 10. The number of aromatic amines is 1. The van der Waals surface area contributed by atoms with Gasteiger partial charge in [0, 0.05) is 24.0 Å². The molecule has 0 bridgehead atoms. The van der Waals surface area contributed by atoms with Crippen LogP contribution in [0.5, 0.6) is 11.5 Å². The van der Waals surface area contributed by atoms with Crippen LogP contribution in [0.15, 0.2) is 213 Å². The number of para-hydroxylation sites is 2. The predicted octanol–water partition coefficient (Wildman–Crippen LogP) is 10.9. The van der Waals surface area contributed by atoms with Gasteiger partial charge in [-0.25, -0.2) is 45.8 Å². The second-order valence-corrected chi connectivity index (χ2v) is 30.1. The van der Waals surface area contributed by atoms with Crippen LogP contribution < -0.4 is 71.9 Å². The molecule has 129 heavy (non-hydrogen) atoms. The van der Waals surface area contributed by atoms with E-state index in [1.54, 1.807) is 76.0 Å². The normalized spacial score (nSPS) is 15.1. The van der Waals surface area contributed by atoms with E-state index in [9.17, 15) is 51.1 Å². The number of carboxylic acids is 1. The average molecular weight is 1800 g/mol. The van der Waals surface area contributed by atoms with Crippen LogP contribution in [-0.4, -0.2) is 164 Å². The summed E-state index contributed by atoms with van der Waals surface area (Å²) in [6.07, 6.45) is 5.66. The molecule has 5 aliphatic rings. The fraction of sp³-hybridized carbons (Fsp3) is 0.277. The number of H-pyrrole nitrogens is 1. The van der Waals surface area contributed by atoms with Crippen molar-refractivity contribution in [2.45, 2.75) is 135 Å². The molecule has 8 N–H and O–H groups in total. The zero-order valence-electron chi connectivity index (χ0n) is 72.6. The number of carbonyl (C=O) groups excluding carboxylic acids is 6. The summed E-state index contributed by atoms with van der Waals surface area (Å²) in [7, 11) is -1.46. The molecule has 2 atom stereocenters. The summed E-state index contributed by atoms with van der Waals surface area (Å²) in [5, 5.41) is 51.3. The number of nitrogens with two attached hydrogens (primary N) is 1. The Morgan fingerprint density at radius 1 is 0.488 bits per heavy atom. The monoisotopic (exact) mass is 1790 g/mol. The number of esters is 3. The number of carboxylic acid groups (broad SMARTS) is 1. The molecular weight excluding hydrogens is 1700 g/mol. The van der Waals surface area contributed by atoms with Crippen LogP contribution in [0, 0.1) is 63.7 Å². The van der Waals surface area contributed by atoms with Crippen molar-refractivity contribution >= 4 is 59.6 Å². The first-order valence-electron chi connectivity index (χ1n) is 40.9. The minimum absolute atomic E-state index is 0. The summed E-state index contributed by atoms with van der Waals surface area (Å²) in [5.41, 5.74) is 11.5. The van der Waals surface area contributed by atoms with Crippen LogP contribution in [0.1, 0.15) is 179 Å². The molecule has 1 amide bonds. The standard InChI is InChI=1S/C24H22FN3O3.C16H17FN2O2.C15H15FN2O2.C14H13FN2O2.C10H11NO2.C8H9BO2.C7H9FN2O2.K.H2O/c1-15-21(25)22(27-28(15)24(11-12-24)17-8-3-2-4-9-17)23(30)26-18-14-31-20-10-6-5-7-16(20)13-19(18)29;1-3-21-15(20)14-13(17)11(2)19(18-14)16(9-10-16)12-7-5-4-6-8-12;1-4-20-15(19)14-13(16)11(3)18(17-14)10(2)12-8-6-5-7-9-12;1-9-11(15)12(13(18)19)16-17(9)14(7-8-14)10-5-3-2-4-6-10;11-8-6-13-10-4-2-1-3-7(10)5-9(8)12;1-7(9(10)11)8-5-3-2-4-6-8;1-3-12-7(11)6-5(8)4(2)9-10-6;;/h2-10,18H,11-14H2,1H3,(H,26,30);4-8H,3,9-10H2,1-2H3;5-9H,2,4H2,1,3H3;2-6H,7-8H2,1H3,(H,18,19);1-4,8H,5-6,11H2;2-6,10-11H,1H2;3H2,1-2H3,(H,9,10);;1H2/q;;;;;;;+1;/p-1/t18-;;;;8-;;;;/m0...0..../s1. The van der Waals surface area contributed by atoms with E-state index in [1.807, 2.05) is 182 Å². The molecule has 668 valence electrons. The van der Waals surface area contributed by atoms with Crippen molar-refractivity contribution in [3.05, 3.63) is 338 Å². The molecule has 7 aromatic carbocycles. The first-order chi connectivity index (χ1) is 60.9. The molecule has 17 rings (SSSR count). The Kier molecular flexibility index (Phi) is 35.0. The number of hydrogen-bond acceptors (Lipinski definition) is 21. The van der Waals surface area contributed by atoms with Crippen LogP contribution in [0.25, 0.3) is 11.2 Å². The van der Waals surface area contributed by atoms with Gasteiger partial charge in [0.15, 0.2) is 46.3 Å². The van der Waals surface area contributed by atoms with Gasteiger partial charge in [-0.2, -0.15) is 25.5 Å². The number of nitrogens with one attached hydrogen (secondary N) is 2. The van der Waals surface area contributed by atoms with Gasteiger partial charge in [-0.1, -0.05) is 201 Å². The summed E-state index contributed by atoms with van der Waals surface area (Å²) >= 11 is 0. The maximum Gasteiger partial charge on any atom is 1.00 e. The molecule has 0 radical (unpaired) electrons. The number of ketones is 2. The molecule has 3 aliphatic carbocycles. The number of ether oxygens (including phenoxy) is 5. The predicted molar refractivity (Wildman–Crippen MR) is 463 cm³/mol. The third-order valence-corrected chi connectivity index (χ3v) is 21.6. The molecule has 7 heterocycles. The number of amides is 1. The molecule has 12 aromatic rings. The number of carbonyl (C=O) groups is 7. The van der Waals surface area contributed by atoms with Crippen molar-refractivity contribution in [2.75, 3.05) is 33.0 Å². The van der Waals surface area contributed by atoms with Crippen molar-refractivity contribution < 1.29 is 151 Å². The fourth-order valence-electron chi connectivity index (χ4n) is 14.3. The second kappa shape index (κ2) is 45.0. The molecule has 3 fully saturated rings. The Morgan fingerprint density at radius 2 is 0.837 bits per heavy atom. The number of hydrogen-bond donors (Lipinski definition) is 6. The molecule has 28 nitrogen and oxygen atoms in total. The fourth-order valence-corrected chi connectivity index (χ4v) is 14.3. The Hall–Kier alpha value is -12.4. The quantitative estimate of drug-likeness (QED) is 0.0189. The molecule has 3 saturated carbocycles. The molecule has 0 unspecified atom stereocenters. The minimum Gasteiger partial charge on any atom is -0.870 e. The maximum atomic E-state index is 15.0. The summed E-state index contributed by atoms with van der Waals surface area (Å²) < 4.78 is 102. The molecule has 0 spiro atoms. The van der Waals surface area contributed by atoms with Gasteiger partial charge < -0.3 is 55.4 Å².